The van der Waals surface area contributed by atoms with Gasteiger partial charge in [0.1, 0.15) is 11.6 Å². The first kappa shape index (κ1) is 12.3. The fourth-order valence-electron chi connectivity index (χ4n) is 1.33. The van der Waals surface area contributed by atoms with Crippen LogP contribution in [0.15, 0.2) is 0 Å². The van der Waals surface area contributed by atoms with Crippen LogP contribution in [0.3, 0.4) is 0 Å². The molecule has 0 fully saturated rings. The van der Waals surface area contributed by atoms with E-state index in [9.17, 15) is 9.59 Å². The molecule has 0 heterocycles. The van der Waals surface area contributed by atoms with Crippen LogP contribution in [0, 0.1) is 11.8 Å². The molecule has 0 spiro atoms. The van der Waals surface area contributed by atoms with E-state index in [0.29, 0.717) is 12.3 Å². The Kier molecular flexibility index (Phi) is 5.60. The van der Waals surface area contributed by atoms with Crippen LogP contribution < -0.4 is 0 Å². The molecule has 0 aliphatic rings. The Morgan fingerprint density at radius 1 is 1.15 bits per heavy atom. The second kappa shape index (κ2) is 5.90. The third kappa shape index (κ3) is 5.56. The van der Waals surface area contributed by atoms with Gasteiger partial charge in [0.05, 0.1) is 6.42 Å². The van der Waals surface area contributed by atoms with Gasteiger partial charge in [0.15, 0.2) is 0 Å². The van der Waals surface area contributed by atoms with Crippen molar-refractivity contribution in [2.45, 2.75) is 47.0 Å². The molecule has 0 rings (SSSR count). The summed E-state index contributed by atoms with van der Waals surface area (Å²) < 4.78 is 0. The predicted octanol–water partition coefficient (Wildman–Crippen LogP) is 2.61. The Hall–Kier alpha value is -0.660. The van der Waals surface area contributed by atoms with E-state index in [1.165, 1.54) is 0 Å². The number of rotatable bonds is 6. The van der Waals surface area contributed by atoms with Gasteiger partial charge in [-0.3, -0.25) is 9.59 Å². The average molecular weight is 184 g/mol. The van der Waals surface area contributed by atoms with Crippen molar-refractivity contribution in [1.29, 1.82) is 0 Å². The fraction of sp³-hybridized carbons (Fsp3) is 0.818. The third-order valence-electron chi connectivity index (χ3n) is 2.14. The standard InChI is InChI=1S/C11H20O2/c1-5-10(12)7-11(13)9(4)6-8(2)3/h8-9H,5-7H2,1-4H3. The van der Waals surface area contributed by atoms with E-state index in [0.717, 1.165) is 6.42 Å². The van der Waals surface area contributed by atoms with Crippen molar-refractivity contribution in [1.82, 2.24) is 0 Å². The summed E-state index contributed by atoms with van der Waals surface area (Å²) in [5.41, 5.74) is 0. The Bertz CT molecular complexity index is 183. The second-order valence-corrected chi connectivity index (χ2v) is 4.07. The molecule has 1 unspecified atom stereocenters. The van der Waals surface area contributed by atoms with Gasteiger partial charge in [0.25, 0.3) is 0 Å². The monoisotopic (exact) mass is 184 g/mol. The predicted molar refractivity (Wildman–Crippen MR) is 53.5 cm³/mol. The topological polar surface area (TPSA) is 34.1 Å². The minimum Gasteiger partial charge on any atom is -0.299 e. The van der Waals surface area contributed by atoms with Gasteiger partial charge in [-0.1, -0.05) is 27.7 Å². The average Bonchev–Trinajstić information content (AvgIpc) is 2.02. The number of Topliss-reactive ketones (excluding diaryl/α,β-unsaturated/α-hetero) is 2. The molecule has 2 nitrogen and oxygen atoms in total. The first-order valence-corrected chi connectivity index (χ1v) is 5.01. The molecule has 0 saturated carbocycles. The lowest BCUT2D eigenvalue weighted by Crippen LogP contribution is -2.16. The van der Waals surface area contributed by atoms with E-state index < -0.39 is 0 Å². The third-order valence-corrected chi connectivity index (χ3v) is 2.14. The summed E-state index contributed by atoms with van der Waals surface area (Å²) in [5.74, 6) is 0.715. The molecule has 0 radical (unpaired) electrons. The Balaban J connectivity index is 3.89. The summed E-state index contributed by atoms with van der Waals surface area (Å²) in [5, 5.41) is 0. The molecule has 1 atom stereocenters. The zero-order valence-electron chi connectivity index (χ0n) is 9.09. The zero-order valence-corrected chi connectivity index (χ0v) is 9.09. The molecule has 0 aromatic heterocycles. The first-order chi connectivity index (χ1) is 5.97. The van der Waals surface area contributed by atoms with Crippen molar-refractivity contribution in [3.8, 4) is 0 Å². The van der Waals surface area contributed by atoms with E-state index in [4.69, 9.17) is 0 Å². The molecule has 0 aromatic rings. The van der Waals surface area contributed by atoms with Gasteiger partial charge in [0, 0.05) is 12.3 Å². The smallest absolute Gasteiger partial charge is 0.143 e. The van der Waals surface area contributed by atoms with E-state index in [1.54, 1.807) is 6.92 Å². The minimum absolute atomic E-state index is 0.0375. The zero-order chi connectivity index (χ0) is 10.4. The largest absolute Gasteiger partial charge is 0.299 e. The molecule has 0 aliphatic heterocycles. The summed E-state index contributed by atoms with van der Waals surface area (Å²) in [6.45, 7) is 7.88. The molecular formula is C11H20O2. The fourth-order valence-corrected chi connectivity index (χ4v) is 1.33. The van der Waals surface area contributed by atoms with E-state index in [1.807, 2.05) is 6.92 Å². The minimum atomic E-state index is 0.0375. The lowest BCUT2D eigenvalue weighted by molar-refractivity contribution is -0.129. The maximum atomic E-state index is 11.4. The van der Waals surface area contributed by atoms with Crippen LogP contribution in [0.5, 0.6) is 0 Å². The molecule has 76 valence electrons. The molecule has 0 saturated heterocycles. The van der Waals surface area contributed by atoms with Gasteiger partial charge in [-0.15, -0.1) is 0 Å². The Labute approximate surface area is 80.7 Å². The summed E-state index contributed by atoms with van der Waals surface area (Å²) in [6.07, 6.45) is 1.49. The van der Waals surface area contributed by atoms with Crippen molar-refractivity contribution < 1.29 is 9.59 Å². The van der Waals surface area contributed by atoms with Crippen molar-refractivity contribution in [3.05, 3.63) is 0 Å². The van der Waals surface area contributed by atoms with Crippen LogP contribution in [0.2, 0.25) is 0 Å². The van der Waals surface area contributed by atoms with Gasteiger partial charge < -0.3 is 0 Å². The van der Waals surface area contributed by atoms with Gasteiger partial charge in [-0.2, -0.15) is 0 Å². The van der Waals surface area contributed by atoms with Gasteiger partial charge in [-0.05, 0) is 12.3 Å². The number of carbonyl (C=O) groups is 2. The summed E-state index contributed by atoms with van der Waals surface area (Å²) in [7, 11) is 0. The molecule has 2 heteroatoms. The lowest BCUT2D eigenvalue weighted by Gasteiger charge is -2.11. The molecule has 0 aromatic carbocycles. The maximum absolute atomic E-state index is 11.4. The second-order valence-electron chi connectivity index (χ2n) is 4.07. The van der Waals surface area contributed by atoms with Crippen molar-refractivity contribution >= 4 is 11.6 Å². The van der Waals surface area contributed by atoms with Gasteiger partial charge in [-0.25, -0.2) is 0 Å². The van der Waals surface area contributed by atoms with Crippen LogP contribution >= 0.6 is 0 Å². The summed E-state index contributed by atoms with van der Waals surface area (Å²) >= 11 is 0. The maximum Gasteiger partial charge on any atom is 0.143 e. The van der Waals surface area contributed by atoms with Crippen LogP contribution in [0.4, 0.5) is 0 Å². The van der Waals surface area contributed by atoms with E-state index >= 15 is 0 Å². The highest BCUT2D eigenvalue weighted by Crippen LogP contribution is 2.13. The first-order valence-electron chi connectivity index (χ1n) is 5.01. The van der Waals surface area contributed by atoms with Crippen LogP contribution in [-0.4, -0.2) is 11.6 Å². The highest BCUT2D eigenvalue weighted by Gasteiger charge is 2.16. The SMILES string of the molecule is CCC(=O)CC(=O)C(C)CC(C)C. The molecule has 0 amide bonds. The van der Waals surface area contributed by atoms with Crippen molar-refractivity contribution in [3.63, 3.8) is 0 Å². The van der Waals surface area contributed by atoms with Crippen molar-refractivity contribution in [2.24, 2.45) is 11.8 Å². The molecule has 0 bridgehead atoms. The summed E-state index contributed by atoms with van der Waals surface area (Å²) in [6, 6.07) is 0. The number of hydrogen-bond donors (Lipinski definition) is 0. The quantitative estimate of drug-likeness (QED) is 0.595. The molecule has 13 heavy (non-hydrogen) atoms. The number of ketones is 2. The van der Waals surface area contributed by atoms with Gasteiger partial charge >= 0.3 is 0 Å². The highest BCUT2D eigenvalue weighted by atomic mass is 16.1. The summed E-state index contributed by atoms with van der Waals surface area (Å²) in [4.78, 5) is 22.4. The Morgan fingerprint density at radius 2 is 1.69 bits per heavy atom. The molecule has 0 aliphatic carbocycles. The normalized spacial score (nSPS) is 13.0. The number of carbonyl (C=O) groups excluding carboxylic acids is 2. The van der Waals surface area contributed by atoms with Crippen molar-refractivity contribution in [2.75, 3.05) is 0 Å². The number of hydrogen-bond acceptors (Lipinski definition) is 2. The van der Waals surface area contributed by atoms with E-state index in [-0.39, 0.29) is 23.9 Å². The van der Waals surface area contributed by atoms with Crippen LogP contribution in [0.25, 0.3) is 0 Å². The van der Waals surface area contributed by atoms with Crippen LogP contribution in [-0.2, 0) is 9.59 Å². The lowest BCUT2D eigenvalue weighted by atomic mass is 9.92. The van der Waals surface area contributed by atoms with Gasteiger partial charge in [0.2, 0.25) is 0 Å². The molecule has 0 N–H and O–H groups in total. The Morgan fingerprint density at radius 3 is 2.08 bits per heavy atom. The highest BCUT2D eigenvalue weighted by molar-refractivity contribution is 5.99. The molecular weight excluding hydrogens is 164 g/mol. The van der Waals surface area contributed by atoms with Crippen LogP contribution in [0.1, 0.15) is 47.0 Å². The van der Waals surface area contributed by atoms with E-state index in [2.05, 4.69) is 13.8 Å².